The first-order valence-corrected chi connectivity index (χ1v) is 9.58. The van der Waals surface area contributed by atoms with E-state index in [4.69, 9.17) is 37.1 Å². The largest absolute Gasteiger partial charge is 0.497 e. The quantitative estimate of drug-likeness (QED) is 0.372. The van der Waals surface area contributed by atoms with Crippen LogP contribution in [0.1, 0.15) is 5.56 Å². The molecule has 1 heterocycles. The molecule has 0 bridgehead atoms. The first kappa shape index (κ1) is 19.4. The van der Waals surface area contributed by atoms with Gasteiger partial charge in [-0.1, -0.05) is 41.4 Å². The van der Waals surface area contributed by atoms with E-state index in [1.165, 1.54) is 6.26 Å². The van der Waals surface area contributed by atoms with E-state index in [2.05, 4.69) is 0 Å². The Bertz CT molecular complexity index is 1210. The van der Waals surface area contributed by atoms with E-state index in [1.54, 1.807) is 55.6 Å². The second-order valence-electron chi connectivity index (χ2n) is 6.35. The van der Waals surface area contributed by atoms with Gasteiger partial charge < -0.3 is 13.9 Å². The SMILES string of the molecule is COc1ccc(-c2coc3cc(OCc4c(Cl)cccc4Cl)ccc3c2=O)cc1. The Labute approximate surface area is 177 Å². The number of hydrogen-bond acceptors (Lipinski definition) is 4. The zero-order chi connectivity index (χ0) is 20.4. The average Bonchev–Trinajstić information content (AvgIpc) is 2.74. The van der Waals surface area contributed by atoms with Crippen LogP contribution in [0.25, 0.3) is 22.1 Å². The number of fused-ring (bicyclic) bond motifs is 1. The zero-order valence-electron chi connectivity index (χ0n) is 15.4. The highest BCUT2D eigenvalue weighted by atomic mass is 35.5. The van der Waals surface area contributed by atoms with Crippen LogP contribution in [-0.4, -0.2) is 7.11 Å². The lowest BCUT2D eigenvalue weighted by Crippen LogP contribution is -2.05. The Kier molecular flexibility index (Phi) is 5.47. The molecule has 0 N–H and O–H groups in total. The van der Waals surface area contributed by atoms with Crippen molar-refractivity contribution < 1.29 is 13.9 Å². The van der Waals surface area contributed by atoms with Crippen LogP contribution >= 0.6 is 23.2 Å². The van der Waals surface area contributed by atoms with Crippen molar-refractivity contribution in [2.75, 3.05) is 7.11 Å². The summed E-state index contributed by atoms with van der Waals surface area (Å²) in [5.41, 5.74) is 2.27. The molecule has 0 spiro atoms. The van der Waals surface area contributed by atoms with Crippen LogP contribution in [0, 0.1) is 0 Å². The molecule has 3 aromatic carbocycles. The molecular formula is C23H16Cl2O4. The monoisotopic (exact) mass is 426 g/mol. The van der Waals surface area contributed by atoms with Gasteiger partial charge in [-0.25, -0.2) is 0 Å². The number of hydrogen-bond donors (Lipinski definition) is 0. The first-order valence-electron chi connectivity index (χ1n) is 8.82. The number of benzene rings is 3. The highest BCUT2D eigenvalue weighted by Gasteiger charge is 2.11. The summed E-state index contributed by atoms with van der Waals surface area (Å²) in [7, 11) is 1.60. The molecule has 0 saturated carbocycles. The zero-order valence-corrected chi connectivity index (χ0v) is 17.0. The van der Waals surface area contributed by atoms with Crippen LogP contribution in [0.2, 0.25) is 10.0 Å². The number of methoxy groups -OCH3 is 1. The second kappa shape index (κ2) is 8.19. The maximum Gasteiger partial charge on any atom is 0.200 e. The van der Waals surface area contributed by atoms with E-state index >= 15 is 0 Å². The Morgan fingerprint density at radius 3 is 2.31 bits per heavy atom. The van der Waals surface area contributed by atoms with Crippen molar-refractivity contribution in [2.24, 2.45) is 0 Å². The Morgan fingerprint density at radius 2 is 1.62 bits per heavy atom. The molecule has 0 saturated heterocycles. The van der Waals surface area contributed by atoms with Gasteiger partial charge in [-0.15, -0.1) is 0 Å². The van der Waals surface area contributed by atoms with Gasteiger partial charge in [0.15, 0.2) is 5.43 Å². The molecule has 146 valence electrons. The summed E-state index contributed by atoms with van der Waals surface area (Å²) >= 11 is 12.3. The molecular weight excluding hydrogens is 411 g/mol. The molecule has 4 rings (SSSR count). The Morgan fingerprint density at radius 1 is 0.931 bits per heavy atom. The van der Waals surface area contributed by atoms with Crippen LogP contribution < -0.4 is 14.9 Å². The summed E-state index contributed by atoms with van der Waals surface area (Å²) in [5, 5.41) is 1.55. The lowest BCUT2D eigenvalue weighted by Gasteiger charge is -2.10. The third kappa shape index (κ3) is 3.95. The number of halogens is 2. The van der Waals surface area contributed by atoms with Crippen molar-refractivity contribution in [3.8, 4) is 22.6 Å². The Hall–Kier alpha value is -2.95. The number of rotatable bonds is 5. The van der Waals surface area contributed by atoms with Gasteiger partial charge in [0.1, 0.15) is 30.0 Å². The summed E-state index contributed by atoms with van der Waals surface area (Å²) in [6, 6.07) is 17.6. The van der Waals surface area contributed by atoms with E-state index in [9.17, 15) is 4.79 Å². The van der Waals surface area contributed by atoms with Crippen LogP contribution in [-0.2, 0) is 6.61 Å². The van der Waals surface area contributed by atoms with Crippen molar-refractivity contribution in [1.82, 2.24) is 0 Å². The van der Waals surface area contributed by atoms with E-state index in [-0.39, 0.29) is 12.0 Å². The van der Waals surface area contributed by atoms with Gasteiger partial charge in [-0.3, -0.25) is 4.79 Å². The standard InChI is InChI=1S/C23H16Cl2O4/c1-27-15-7-5-14(6-8-15)18-12-29-22-11-16(9-10-17(22)23(18)26)28-13-19-20(24)3-2-4-21(19)25/h2-12H,13H2,1H3. The predicted octanol–water partition coefficient (Wildman–Crippen LogP) is 6.35. The fraction of sp³-hybridized carbons (Fsp3) is 0.0870. The normalized spacial score (nSPS) is 10.9. The van der Waals surface area contributed by atoms with Gasteiger partial charge in [0, 0.05) is 21.7 Å². The molecule has 0 atom stereocenters. The molecule has 29 heavy (non-hydrogen) atoms. The minimum absolute atomic E-state index is 0.114. The summed E-state index contributed by atoms with van der Waals surface area (Å²) < 4.78 is 16.7. The molecule has 4 nitrogen and oxygen atoms in total. The molecule has 0 amide bonds. The summed E-state index contributed by atoms with van der Waals surface area (Å²) in [6.07, 6.45) is 1.46. The van der Waals surface area contributed by atoms with E-state index < -0.39 is 0 Å². The summed E-state index contributed by atoms with van der Waals surface area (Å²) in [4.78, 5) is 12.9. The minimum Gasteiger partial charge on any atom is -0.497 e. The van der Waals surface area contributed by atoms with Gasteiger partial charge in [0.2, 0.25) is 0 Å². The van der Waals surface area contributed by atoms with Crippen LogP contribution in [0.4, 0.5) is 0 Å². The first-order chi connectivity index (χ1) is 14.1. The van der Waals surface area contributed by atoms with Gasteiger partial charge in [0.05, 0.1) is 18.1 Å². The maximum atomic E-state index is 12.9. The summed E-state index contributed by atoms with van der Waals surface area (Å²) in [5.74, 6) is 1.27. The van der Waals surface area contributed by atoms with Gasteiger partial charge >= 0.3 is 0 Å². The molecule has 0 aliphatic heterocycles. The number of ether oxygens (including phenoxy) is 2. The van der Waals surface area contributed by atoms with Crippen molar-refractivity contribution in [1.29, 1.82) is 0 Å². The van der Waals surface area contributed by atoms with Crippen LogP contribution in [0.5, 0.6) is 11.5 Å². The van der Waals surface area contributed by atoms with Gasteiger partial charge in [0.25, 0.3) is 0 Å². The van der Waals surface area contributed by atoms with Crippen molar-refractivity contribution >= 4 is 34.2 Å². The molecule has 0 aliphatic carbocycles. The third-order valence-electron chi connectivity index (χ3n) is 4.59. The minimum atomic E-state index is -0.114. The average molecular weight is 427 g/mol. The maximum absolute atomic E-state index is 12.9. The van der Waals surface area contributed by atoms with Gasteiger partial charge in [-0.05, 0) is 42.0 Å². The van der Waals surface area contributed by atoms with E-state index in [1.807, 2.05) is 12.1 Å². The predicted molar refractivity (Wildman–Crippen MR) is 115 cm³/mol. The second-order valence-corrected chi connectivity index (χ2v) is 7.17. The van der Waals surface area contributed by atoms with Gasteiger partial charge in [-0.2, -0.15) is 0 Å². The topological polar surface area (TPSA) is 48.7 Å². The highest BCUT2D eigenvalue weighted by Crippen LogP contribution is 2.28. The smallest absolute Gasteiger partial charge is 0.200 e. The molecule has 6 heteroatoms. The third-order valence-corrected chi connectivity index (χ3v) is 5.30. The molecule has 0 fully saturated rings. The van der Waals surface area contributed by atoms with Crippen molar-refractivity contribution in [2.45, 2.75) is 6.61 Å². The highest BCUT2D eigenvalue weighted by molar-refractivity contribution is 6.35. The Balaban J connectivity index is 1.62. The molecule has 0 radical (unpaired) electrons. The van der Waals surface area contributed by atoms with Crippen LogP contribution in [0.3, 0.4) is 0 Å². The molecule has 4 aromatic rings. The molecule has 1 aromatic heterocycles. The lowest BCUT2D eigenvalue weighted by molar-refractivity contribution is 0.306. The summed E-state index contributed by atoms with van der Waals surface area (Å²) in [6.45, 7) is 0.207. The molecule has 0 unspecified atom stereocenters. The molecule has 0 aliphatic rings. The lowest BCUT2D eigenvalue weighted by atomic mass is 10.1. The van der Waals surface area contributed by atoms with Crippen molar-refractivity contribution in [3.05, 3.63) is 92.8 Å². The fourth-order valence-electron chi connectivity index (χ4n) is 2.99. The van der Waals surface area contributed by atoms with E-state index in [0.29, 0.717) is 37.9 Å². The van der Waals surface area contributed by atoms with Crippen LogP contribution in [0.15, 0.2) is 76.1 Å². The van der Waals surface area contributed by atoms with Crippen molar-refractivity contribution in [3.63, 3.8) is 0 Å². The fourth-order valence-corrected chi connectivity index (χ4v) is 3.50. The van der Waals surface area contributed by atoms with E-state index in [0.717, 1.165) is 11.3 Å².